The number of para-hydroxylation sites is 1. The molecule has 0 aliphatic carbocycles. The van der Waals surface area contributed by atoms with Crippen molar-refractivity contribution in [2.75, 3.05) is 5.73 Å². The van der Waals surface area contributed by atoms with E-state index >= 15 is 0 Å². The van der Waals surface area contributed by atoms with Gasteiger partial charge in [0, 0.05) is 16.5 Å². The van der Waals surface area contributed by atoms with Gasteiger partial charge in [-0.3, -0.25) is 0 Å². The molecule has 0 aliphatic heterocycles. The van der Waals surface area contributed by atoms with Gasteiger partial charge in [0.2, 0.25) is 0 Å². The molecule has 4 heteroatoms. The summed E-state index contributed by atoms with van der Waals surface area (Å²) < 4.78 is 1.84. The summed E-state index contributed by atoms with van der Waals surface area (Å²) in [5.74, 6) is 1.06. The van der Waals surface area contributed by atoms with Gasteiger partial charge in [-0.25, -0.2) is 4.68 Å². The molecule has 3 nitrogen and oxygen atoms in total. The lowest BCUT2D eigenvalue weighted by molar-refractivity contribution is 0.868. The average molecular weight is 283 g/mol. The van der Waals surface area contributed by atoms with Crippen molar-refractivity contribution in [3.8, 4) is 16.9 Å². The number of rotatable bonds is 3. The maximum Gasteiger partial charge on any atom is 0.131 e. The van der Waals surface area contributed by atoms with Crippen LogP contribution in [-0.4, -0.2) is 9.78 Å². The zero-order valence-electron chi connectivity index (χ0n) is 11.6. The minimum absolute atomic E-state index is 0.336. The molecule has 0 aliphatic rings. The Morgan fingerprint density at radius 2 is 1.90 bits per heavy atom. The number of benzene rings is 1. The maximum atomic E-state index is 6.35. The smallest absolute Gasteiger partial charge is 0.131 e. The van der Waals surface area contributed by atoms with Gasteiger partial charge in [0.25, 0.3) is 0 Å². The molecule has 0 spiro atoms. The van der Waals surface area contributed by atoms with Crippen LogP contribution in [0.5, 0.6) is 0 Å². The Morgan fingerprint density at radius 1 is 1.15 bits per heavy atom. The van der Waals surface area contributed by atoms with Crippen LogP contribution in [0.25, 0.3) is 16.9 Å². The monoisotopic (exact) mass is 283 g/mol. The molecule has 1 aromatic carbocycles. The Bertz CT molecular complexity index is 697. The summed E-state index contributed by atoms with van der Waals surface area (Å²) in [6.45, 7) is 4.30. The Hall–Kier alpha value is -2.07. The first-order chi connectivity index (χ1) is 9.68. The van der Waals surface area contributed by atoms with E-state index in [1.54, 1.807) is 11.3 Å². The lowest BCUT2D eigenvalue weighted by atomic mass is 10.0. The van der Waals surface area contributed by atoms with Gasteiger partial charge in [-0.05, 0) is 29.5 Å². The predicted octanol–water partition coefficient (Wildman–Crippen LogP) is 4.31. The number of nitrogens with two attached hydrogens (primary N) is 1. The number of nitrogen functional groups attached to an aromatic ring is 1. The molecule has 0 fully saturated rings. The van der Waals surface area contributed by atoms with Crippen LogP contribution in [-0.2, 0) is 0 Å². The molecule has 0 bridgehead atoms. The zero-order chi connectivity index (χ0) is 14.1. The Balaban J connectivity index is 2.22. The summed E-state index contributed by atoms with van der Waals surface area (Å²) in [5.41, 5.74) is 10.6. The van der Waals surface area contributed by atoms with Crippen molar-refractivity contribution in [2.24, 2.45) is 0 Å². The minimum atomic E-state index is 0.336. The molecule has 2 N–H and O–H groups in total. The Kier molecular flexibility index (Phi) is 3.32. The molecular weight excluding hydrogens is 266 g/mol. The number of nitrogens with zero attached hydrogens (tertiary/aromatic N) is 2. The van der Waals surface area contributed by atoms with Gasteiger partial charge < -0.3 is 5.73 Å². The lowest BCUT2D eigenvalue weighted by Gasteiger charge is -2.07. The van der Waals surface area contributed by atoms with Crippen LogP contribution >= 0.6 is 11.3 Å². The summed E-state index contributed by atoms with van der Waals surface area (Å²) >= 11 is 1.68. The van der Waals surface area contributed by atoms with E-state index in [0.717, 1.165) is 28.3 Å². The van der Waals surface area contributed by atoms with Crippen LogP contribution in [0.2, 0.25) is 0 Å². The van der Waals surface area contributed by atoms with Crippen molar-refractivity contribution in [3.05, 3.63) is 52.7 Å². The highest BCUT2D eigenvalue weighted by molar-refractivity contribution is 7.08. The van der Waals surface area contributed by atoms with Crippen molar-refractivity contribution in [2.45, 2.75) is 19.8 Å². The Morgan fingerprint density at radius 3 is 2.50 bits per heavy atom. The summed E-state index contributed by atoms with van der Waals surface area (Å²) in [7, 11) is 0. The van der Waals surface area contributed by atoms with Gasteiger partial charge in [-0.15, -0.1) is 0 Å². The number of thiophene rings is 1. The quantitative estimate of drug-likeness (QED) is 0.778. The van der Waals surface area contributed by atoms with Crippen LogP contribution in [0.4, 0.5) is 5.82 Å². The van der Waals surface area contributed by atoms with E-state index in [9.17, 15) is 0 Å². The van der Waals surface area contributed by atoms with Crippen LogP contribution in [0.1, 0.15) is 25.3 Å². The van der Waals surface area contributed by atoms with E-state index < -0.39 is 0 Å². The van der Waals surface area contributed by atoms with Gasteiger partial charge in [0.05, 0.1) is 11.4 Å². The number of hydrogen-bond acceptors (Lipinski definition) is 3. The van der Waals surface area contributed by atoms with Crippen molar-refractivity contribution < 1.29 is 0 Å². The van der Waals surface area contributed by atoms with Crippen LogP contribution in [0, 0.1) is 0 Å². The molecule has 3 rings (SSSR count). The molecule has 20 heavy (non-hydrogen) atoms. The van der Waals surface area contributed by atoms with Crippen LogP contribution in [0.15, 0.2) is 47.2 Å². The highest BCUT2D eigenvalue weighted by Gasteiger charge is 2.20. The van der Waals surface area contributed by atoms with Crippen molar-refractivity contribution in [3.63, 3.8) is 0 Å². The maximum absolute atomic E-state index is 6.35. The van der Waals surface area contributed by atoms with E-state index in [1.165, 1.54) is 0 Å². The molecule has 0 atom stereocenters. The highest BCUT2D eigenvalue weighted by atomic mass is 32.1. The average Bonchev–Trinajstić information content (AvgIpc) is 3.06. The molecule has 2 aromatic heterocycles. The van der Waals surface area contributed by atoms with E-state index in [1.807, 2.05) is 35.0 Å². The second-order valence-corrected chi connectivity index (χ2v) is 5.84. The summed E-state index contributed by atoms with van der Waals surface area (Å²) in [5, 5.41) is 8.92. The predicted molar refractivity (Wildman–Crippen MR) is 85.4 cm³/mol. The molecule has 3 aromatic rings. The topological polar surface area (TPSA) is 43.8 Å². The molecule has 0 saturated carbocycles. The first-order valence-corrected chi connectivity index (χ1v) is 7.59. The second-order valence-electron chi connectivity index (χ2n) is 5.06. The van der Waals surface area contributed by atoms with E-state index in [-0.39, 0.29) is 0 Å². The van der Waals surface area contributed by atoms with Gasteiger partial charge in [0.15, 0.2) is 0 Å². The van der Waals surface area contributed by atoms with Crippen molar-refractivity contribution >= 4 is 17.2 Å². The molecule has 0 radical (unpaired) electrons. The normalized spacial score (nSPS) is 11.2. The third-order valence-corrected chi connectivity index (χ3v) is 4.02. The van der Waals surface area contributed by atoms with Gasteiger partial charge in [-0.1, -0.05) is 32.0 Å². The largest absolute Gasteiger partial charge is 0.383 e. The van der Waals surface area contributed by atoms with Crippen molar-refractivity contribution in [1.29, 1.82) is 0 Å². The summed E-state index contributed by atoms with van der Waals surface area (Å²) in [6, 6.07) is 12.1. The zero-order valence-corrected chi connectivity index (χ0v) is 12.4. The third-order valence-electron chi connectivity index (χ3n) is 3.33. The number of anilines is 1. The molecule has 0 amide bonds. The fourth-order valence-electron chi connectivity index (χ4n) is 2.39. The minimum Gasteiger partial charge on any atom is -0.383 e. The van der Waals surface area contributed by atoms with E-state index in [0.29, 0.717) is 5.92 Å². The fraction of sp³-hybridized carbons (Fsp3) is 0.188. The fourth-order valence-corrected chi connectivity index (χ4v) is 3.03. The van der Waals surface area contributed by atoms with Gasteiger partial charge >= 0.3 is 0 Å². The SMILES string of the molecule is CC(C)c1c(-c2ccsc2)nn(-c2ccccc2)c1N. The first-order valence-electron chi connectivity index (χ1n) is 6.65. The van der Waals surface area contributed by atoms with Gasteiger partial charge in [-0.2, -0.15) is 16.4 Å². The number of aromatic nitrogens is 2. The standard InChI is InChI=1S/C16H17N3S/c1-11(2)14-15(12-8-9-20-10-12)18-19(16(14)17)13-6-4-3-5-7-13/h3-11H,17H2,1-2H3. The molecule has 0 unspecified atom stereocenters. The molecule has 2 heterocycles. The van der Waals surface area contributed by atoms with Crippen LogP contribution in [0.3, 0.4) is 0 Å². The molecule has 102 valence electrons. The van der Waals surface area contributed by atoms with E-state index in [4.69, 9.17) is 10.8 Å². The summed E-state index contributed by atoms with van der Waals surface area (Å²) in [6.07, 6.45) is 0. The second kappa shape index (κ2) is 5.13. The number of hydrogen-bond donors (Lipinski definition) is 1. The first kappa shape index (κ1) is 12.9. The summed E-state index contributed by atoms with van der Waals surface area (Å²) in [4.78, 5) is 0. The van der Waals surface area contributed by atoms with Crippen molar-refractivity contribution in [1.82, 2.24) is 9.78 Å². The third kappa shape index (κ3) is 2.12. The van der Waals surface area contributed by atoms with Gasteiger partial charge in [0.1, 0.15) is 5.82 Å². The van der Waals surface area contributed by atoms with E-state index in [2.05, 4.69) is 30.7 Å². The van der Waals surface area contributed by atoms with Crippen LogP contribution < -0.4 is 5.73 Å². The lowest BCUT2D eigenvalue weighted by Crippen LogP contribution is -2.03. The molecular formula is C16H17N3S. The highest BCUT2D eigenvalue weighted by Crippen LogP contribution is 2.35. The Labute approximate surface area is 122 Å². The molecule has 0 saturated heterocycles.